The number of rotatable bonds is 5. The minimum Gasteiger partial charge on any atom is -0.378 e. The van der Waals surface area contributed by atoms with Crippen molar-refractivity contribution < 1.29 is 13.2 Å². The van der Waals surface area contributed by atoms with E-state index in [-0.39, 0.29) is 28.5 Å². The van der Waals surface area contributed by atoms with Crippen molar-refractivity contribution in [1.82, 2.24) is 4.72 Å². The lowest BCUT2D eigenvalue weighted by molar-refractivity contribution is 0.107. The lowest BCUT2D eigenvalue weighted by Crippen LogP contribution is -2.32. The van der Waals surface area contributed by atoms with Gasteiger partial charge < -0.3 is 10.5 Å². The zero-order valence-electron chi connectivity index (χ0n) is 11.6. The van der Waals surface area contributed by atoms with Gasteiger partial charge in [0.25, 0.3) is 0 Å². The van der Waals surface area contributed by atoms with Gasteiger partial charge in [-0.25, -0.2) is 13.1 Å². The van der Waals surface area contributed by atoms with Gasteiger partial charge in [-0.05, 0) is 25.5 Å². The Kier molecular flexibility index (Phi) is 5.51. The van der Waals surface area contributed by atoms with E-state index >= 15 is 0 Å². The molecule has 1 aromatic rings. The second kappa shape index (κ2) is 6.81. The van der Waals surface area contributed by atoms with Crippen LogP contribution in [0.15, 0.2) is 17.0 Å². The molecule has 5 nitrogen and oxygen atoms in total. The van der Waals surface area contributed by atoms with Crippen molar-refractivity contribution in [2.45, 2.75) is 30.9 Å². The standard InChI is InChI=1S/C13H18Cl2N2O3S/c1-8-9(4-5-20-8)7-17-21(18,19)12-3-2-11(14)10(6-16)13(12)15/h2-3,8-9,17H,4-7,16H2,1H3. The highest BCUT2D eigenvalue weighted by Crippen LogP contribution is 2.31. The van der Waals surface area contributed by atoms with E-state index in [1.807, 2.05) is 6.92 Å². The van der Waals surface area contributed by atoms with Gasteiger partial charge in [0.15, 0.2) is 0 Å². The second-order valence-electron chi connectivity index (χ2n) is 5.02. The Hall–Kier alpha value is -0.370. The zero-order chi connectivity index (χ0) is 15.6. The molecule has 0 aromatic heterocycles. The lowest BCUT2D eigenvalue weighted by Gasteiger charge is -2.16. The Morgan fingerprint density at radius 1 is 1.43 bits per heavy atom. The van der Waals surface area contributed by atoms with Crippen LogP contribution in [0.25, 0.3) is 0 Å². The molecule has 0 saturated carbocycles. The largest absolute Gasteiger partial charge is 0.378 e. The summed E-state index contributed by atoms with van der Waals surface area (Å²) in [5, 5.41) is 0.437. The van der Waals surface area contributed by atoms with Gasteiger partial charge in [-0.3, -0.25) is 0 Å². The molecule has 1 aliphatic rings. The summed E-state index contributed by atoms with van der Waals surface area (Å²) >= 11 is 12.1. The van der Waals surface area contributed by atoms with E-state index in [1.54, 1.807) is 0 Å². The first-order valence-electron chi connectivity index (χ1n) is 6.65. The van der Waals surface area contributed by atoms with Crippen molar-refractivity contribution in [3.63, 3.8) is 0 Å². The fraction of sp³-hybridized carbons (Fsp3) is 0.538. The molecule has 2 unspecified atom stereocenters. The first-order chi connectivity index (χ1) is 9.86. The number of hydrogen-bond donors (Lipinski definition) is 2. The first-order valence-corrected chi connectivity index (χ1v) is 8.89. The summed E-state index contributed by atoms with van der Waals surface area (Å²) < 4.78 is 32.8. The van der Waals surface area contributed by atoms with Gasteiger partial charge in [-0.15, -0.1) is 0 Å². The van der Waals surface area contributed by atoms with Crippen LogP contribution < -0.4 is 10.5 Å². The molecule has 1 aromatic carbocycles. The molecule has 0 aliphatic carbocycles. The predicted octanol–water partition coefficient (Wildman–Crippen LogP) is 2.16. The molecule has 2 atom stereocenters. The van der Waals surface area contributed by atoms with Gasteiger partial charge in [0, 0.05) is 36.2 Å². The smallest absolute Gasteiger partial charge is 0.242 e. The van der Waals surface area contributed by atoms with Gasteiger partial charge in [-0.2, -0.15) is 0 Å². The van der Waals surface area contributed by atoms with E-state index in [0.717, 1.165) is 6.42 Å². The van der Waals surface area contributed by atoms with Crippen LogP contribution >= 0.6 is 23.2 Å². The Balaban J connectivity index is 2.20. The molecule has 1 fully saturated rings. The summed E-state index contributed by atoms with van der Waals surface area (Å²) in [7, 11) is -3.70. The highest BCUT2D eigenvalue weighted by atomic mass is 35.5. The second-order valence-corrected chi connectivity index (χ2v) is 7.54. The summed E-state index contributed by atoms with van der Waals surface area (Å²) in [6, 6.07) is 2.88. The van der Waals surface area contributed by atoms with Gasteiger partial charge in [-0.1, -0.05) is 23.2 Å². The first kappa shape index (κ1) is 17.0. The van der Waals surface area contributed by atoms with Crippen LogP contribution in [0.1, 0.15) is 18.9 Å². The predicted molar refractivity (Wildman–Crippen MR) is 83.1 cm³/mol. The van der Waals surface area contributed by atoms with E-state index in [2.05, 4.69) is 4.72 Å². The van der Waals surface area contributed by atoms with E-state index < -0.39 is 10.0 Å². The Bertz CT molecular complexity index is 622. The topological polar surface area (TPSA) is 81.4 Å². The van der Waals surface area contributed by atoms with Crippen molar-refractivity contribution in [2.75, 3.05) is 13.2 Å². The van der Waals surface area contributed by atoms with Crippen LogP contribution in [0.4, 0.5) is 0 Å². The maximum Gasteiger partial charge on any atom is 0.242 e. The Labute approximate surface area is 134 Å². The molecule has 1 heterocycles. The van der Waals surface area contributed by atoms with Gasteiger partial charge >= 0.3 is 0 Å². The molecule has 2 rings (SSSR count). The fourth-order valence-electron chi connectivity index (χ4n) is 2.31. The molecular weight excluding hydrogens is 335 g/mol. The van der Waals surface area contributed by atoms with Crippen LogP contribution in [0.2, 0.25) is 10.0 Å². The molecule has 1 saturated heterocycles. The van der Waals surface area contributed by atoms with Crippen LogP contribution in [-0.4, -0.2) is 27.7 Å². The highest BCUT2D eigenvalue weighted by molar-refractivity contribution is 7.89. The van der Waals surface area contributed by atoms with Gasteiger partial charge in [0.1, 0.15) is 4.90 Å². The number of halogens is 2. The SMILES string of the molecule is CC1OCCC1CNS(=O)(=O)c1ccc(Cl)c(CN)c1Cl. The number of nitrogens with two attached hydrogens (primary N) is 1. The molecule has 8 heteroatoms. The van der Waals surface area contributed by atoms with E-state index in [1.165, 1.54) is 12.1 Å². The van der Waals surface area contributed by atoms with Gasteiger partial charge in [0.05, 0.1) is 11.1 Å². The lowest BCUT2D eigenvalue weighted by atomic mass is 10.0. The molecule has 0 amide bonds. The highest BCUT2D eigenvalue weighted by Gasteiger charge is 2.27. The maximum atomic E-state index is 12.4. The van der Waals surface area contributed by atoms with Crippen molar-refractivity contribution in [1.29, 1.82) is 0 Å². The summed E-state index contributed by atoms with van der Waals surface area (Å²) in [6.45, 7) is 3.00. The maximum absolute atomic E-state index is 12.4. The third-order valence-corrected chi connectivity index (χ3v) is 6.08. The molecule has 1 aliphatic heterocycles. The summed E-state index contributed by atoms with van der Waals surface area (Å²) in [5.74, 6) is 0.167. The average molecular weight is 353 g/mol. The van der Waals surface area contributed by atoms with Crippen LogP contribution in [-0.2, 0) is 21.3 Å². The summed E-state index contributed by atoms with van der Waals surface area (Å²) in [4.78, 5) is 0.000542. The third kappa shape index (κ3) is 3.70. The van der Waals surface area contributed by atoms with Gasteiger partial charge in [0.2, 0.25) is 10.0 Å². The quantitative estimate of drug-likeness (QED) is 0.850. The molecule has 118 valence electrons. The fourth-order valence-corrected chi connectivity index (χ4v) is 4.33. The van der Waals surface area contributed by atoms with E-state index in [9.17, 15) is 8.42 Å². The van der Waals surface area contributed by atoms with Crippen LogP contribution in [0.5, 0.6) is 0 Å². The van der Waals surface area contributed by atoms with Crippen molar-refractivity contribution >= 4 is 33.2 Å². The average Bonchev–Trinajstić information content (AvgIpc) is 2.82. The molecule has 21 heavy (non-hydrogen) atoms. The molecule has 0 radical (unpaired) electrons. The normalized spacial score (nSPS) is 22.7. The zero-order valence-corrected chi connectivity index (χ0v) is 13.9. The van der Waals surface area contributed by atoms with Crippen LogP contribution in [0, 0.1) is 5.92 Å². The number of sulfonamides is 1. The number of benzene rings is 1. The summed E-state index contributed by atoms with van der Waals surface area (Å²) in [5.41, 5.74) is 5.98. The minimum atomic E-state index is -3.70. The van der Waals surface area contributed by atoms with Crippen molar-refractivity contribution in [2.24, 2.45) is 11.7 Å². The van der Waals surface area contributed by atoms with Crippen LogP contribution in [0.3, 0.4) is 0 Å². The minimum absolute atomic E-state index is 0.000542. The third-order valence-electron chi connectivity index (χ3n) is 3.71. The Morgan fingerprint density at radius 3 is 2.71 bits per heavy atom. The molecule has 0 spiro atoms. The Morgan fingerprint density at radius 2 is 2.14 bits per heavy atom. The number of ether oxygens (including phenoxy) is 1. The van der Waals surface area contributed by atoms with Crippen molar-refractivity contribution in [3.8, 4) is 0 Å². The number of hydrogen-bond acceptors (Lipinski definition) is 4. The molecule has 0 bridgehead atoms. The summed E-state index contributed by atoms with van der Waals surface area (Å²) in [6.07, 6.45) is 0.888. The van der Waals surface area contributed by atoms with E-state index in [4.69, 9.17) is 33.7 Å². The molecular formula is C13H18Cl2N2O3S. The molecule has 3 N–H and O–H groups in total. The monoisotopic (exact) mass is 352 g/mol. The van der Waals surface area contributed by atoms with Crippen molar-refractivity contribution in [3.05, 3.63) is 27.7 Å². The number of nitrogens with one attached hydrogen (secondary N) is 1. The van der Waals surface area contributed by atoms with E-state index in [0.29, 0.717) is 23.7 Å².